The fraction of sp³-hybridized carbons (Fsp3) is 0.211. The molecule has 1 aromatic heterocycles. The molecule has 0 saturated heterocycles. The number of amides is 1. The zero-order valence-corrected chi connectivity index (χ0v) is 15.4. The third kappa shape index (κ3) is 4.29. The van der Waals surface area contributed by atoms with Crippen LogP contribution in [0.1, 0.15) is 16.7 Å². The molecule has 3 aromatic rings. The molecule has 134 valence electrons. The van der Waals surface area contributed by atoms with Gasteiger partial charge in [-0.1, -0.05) is 42.1 Å². The quantitative estimate of drug-likeness (QED) is 0.676. The third-order valence-corrected chi connectivity index (χ3v) is 4.89. The second kappa shape index (κ2) is 8.14. The van der Waals surface area contributed by atoms with Gasteiger partial charge in [0.15, 0.2) is 5.16 Å². The van der Waals surface area contributed by atoms with Crippen molar-refractivity contribution in [2.45, 2.75) is 25.5 Å². The highest BCUT2D eigenvalue weighted by molar-refractivity contribution is 7.99. The van der Waals surface area contributed by atoms with Gasteiger partial charge in [-0.25, -0.2) is 4.39 Å². The molecule has 0 bridgehead atoms. The molecule has 0 radical (unpaired) electrons. The van der Waals surface area contributed by atoms with Crippen LogP contribution in [0.5, 0.6) is 0 Å². The fourth-order valence-electron chi connectivity index (χ4n) is 2.45. The van der Waals surface area contributed by atoms with Gasteiger partial charge in [0, 0.05) is 6.54 Å². The largest absolute Gasteiger partial charge is 0.351 e. The zero-order chi connectivity index (χ0) is 18.5. The van der Waals surface area contributed by atoms with Crippen LogP contribution in [0.25, 0.3) is 5.69 Å². The summed E-state index contributed by atoms with van der Waals surface area (Å²) in [6, 6.07) is 12.9. The number of hydrogen-bond donors (Lipinski definition) is 1. The lowest BCUT2D eigenvalue weighted by molar-refractivity contribution is -0.118. The maximum absolute atomic E-state index is 13.5. The number of aromatic nitrogens is 3. The number of rotatable bonds is 6. The normalized spacial score (nSPS) is 10.7. The van der Waals surface area contributed by atoms with E-state index in [1.807, 2.05) is 35.8 Å². The molecule has 5 nitrogen and oxygen atoms in total. The Morgan fingerprint density at radius 1 is 1.19 bits per heavy atom. The van der Waals surface area contributed by atoms with Gasteiger partial charge >= 0.3 is 0 Å². The molecule has 0 unspecified atom stereocenters. The van der Waals surface area contributed by atoms with E-state index in [0.29, 0.717) is 17.3 Å². The van der Waals surface area contributed by atoms with E-state index in [1.165, 1.54) is 17.8 Å². The Labute approximate surface area is 155 Å². The Hall–Kier alpha value is -2.67. The Kier molecular flexibility index (Phi) is 5.68. The Balaban J connectivity index is 1.58. The molecule has 0 fully saturated rings. The lowest BCUT2D eigenvalue weighted by Gasteiger charge is -2.09. The summed E-state index contributed by atoms with van der Waals surface area (Å²) in [5.74, 6) is -0.202. The maximum atomic E-state index is 13.5. The van der Waals surface area contributed by atoms with Gasteiger partial charge in [-0.2, -0.15) is 0 Å². The van der Waals surface area contributed by atoms with Gasteiger partial charge in [0.05, 0.1) is 11.4 Å². The lowest BCUT2D eigenvalue weighted by atomic mass is 10.1. The van der Waals surface area contributed by atoms with E-state index in [2.05, 4.69) is 15.5 Å². The van der Waals surface area contributed by atoms with Crippen molar-refractivity contribution in [2.75, 3.05) is 5.75 Å². The van der Waals surface area contributed by atoms with Gasteiger partial charge in [-0.3, -0.25) is 9.36 Å². The van der Waals surface area contributed by atoms with E-state index >= 15 is 0 Å². The summed E-state index contributed by atoms with van der Waals surface area (Å²) in [5, 5.41) is 11.5. The standard InChI is InChI=1S/C19H19FN4OS/c1-13-7-8-15(9-16(13)20)10-21-18(25)11-26-19-23-22-12-24(19)17-6-4-3-5-14(17)2/h3-9,12H,10-11H2,1-2H3,(H,21,25). The van der Waals surface area contributed by atoms with Crippen LogP contribution in [0.3, 0.4) is 0 Å². The van der Waals surface area contributed by atoms with Crippen LogP contribution in [0.2, 0.25) is 0 Å². The van der Waals surface area contributed by atoms with Gasteiger partial charge in [0.25, 0.3) is 0 Å². The molecule has 0 saturated carbocycles. The van der Waals surface area contributed by atoms with Crippen molar-refractivity contribution >= 4 is 17.7 Å². The molecular formula is C19H19FN4OS. The fourth-order valence-corrected chi connectivity index (χ4v) is 3.20. The second-order valence-corrected chi connectivity index (χ2v) is 6.86. The molecule has 26 heavy (non-hydrogen) atoms. The van der Waals surface area contributed by atoms with Gasteiger partial charge in [0.2, 0.25) is 5.91 Å². The van der Waals surface area contributed by atoms with Crippen LogP contribution in [0.15, 0.2) is 53.9 Å². The van der Waals surface area contributed by atoms with Crippen molar-refractivity contribution in [1.29, 1.82) is 0 Å². The van der Waals surface area contributed by atoms with Crippen molar-refractivity contribution in [2.24, 2.45) is 0 Å². The second-order valence-electron chi connectivity index (χ2n) is 5.92. The number of carbonyl (C=O) groups is 1. The van der Waals surface area contributed by atoms with Crippen molar-refractivity contribution < 1.29 is 9.18 Å². The Morgan fingerprint density at radius 3 is 2.77 bits per heavy atom. The number of para-hydroxylation sites is 1. The molecule has 7 heteroatoms. The number of benzene rings is 2. The molecule has 0 spiro atoms. The average Bonchev–Trinajstić information content (AvgIpc) is 3.09. The molecule has 0 aliphatic heterocycles. The predicted molar refractivity (Wildman–Crippen MR) is 99.8 cm³/mol. The highest BCUT2D eigenvalue weighted by atomic mass is 32.2. The number of thioether (sulfide) groups is 1. The SMILES string of the molecule is Cc1ccc(CNC(=O)CSc2nncn2-c2ccccc2C)cc1F. The van der Waals surface area contributed by atoms with Crippen molar-refractivity contribution in [3.05, 3.63) is 71.3 Å². The molecule has 0 atom stereocenters. The van der Waals surface area contributed by atoms with Crippen LogP contribution in [0.4, 0.5) is 4.39 Å². The highest BCUT2D eigenvalue weighted by Crippen LogP contribution is 2.21. The van der Waals surface area contributed by atoms with E-state index in [9.17, 15) is 9.18 Å². The minimum Gasteiger partial charge on any atom is -0.351 e. The molecule has 3 rings (SSSR count). The number of halogens is 1. The first-order chi connectivity index (χ1) is 12.5. The smallest absolute Gasteiger partial charge is 0.230 e. The first kappa shape index (κ1) is 18.1. The summed E-state index contributed by atoms with van der Waals surface area (Å²) >= 11 is 1.31. The summed E-state index contributed by atoms with van der Waals surface area (Å²) in [6.07, 6.45) is 1.64. The number of aryl methyl sites for hydroxylation is 2. The predicted octanol–water partition coefficient (Wildman–Crippen LogP) is 3.43. The third-order valence-electron chi connectivity index (χ3n) is 3.95. The van der Waals surface area contributed by atoms with Gasteiger partial charge < -0.3 is 5.32 Å². The minimum absolute atomic E-state index is 0.143. The topological polar surface area (TPSA) is 59.8 Å². The Morgan fingerprint density at radius 2 is 2.00 bits per heavy atom. The van der Waals surface area contributed by atoms with E-state index < -0.39 is 0 Å². The number of hydrogen-bond acceptors (Lipinski definition) is 4. The first-order valence-corrected chi connectivity index (χ1v) is 9.13. The molecular weight excluding hydrogens is 351 g/mol. The number of nitrogens with one attached hydrogen (secondary N) is 1. The molecule has 2 aromatic carbocycles. The summed E-state index contributed by atoms with van der Waals surface area (Å²) in [5.41, 5.74) is 3.40. The molecule has 0 aliphatic rings. The molecule has 1 amide bonds. The molecule has 1 N–H and O–H groups in total. The highest BCUT2D eigenvalue weighted by Gasteiger charge is 2.11. The number of nitrogens with zero attached hydrogens (tertiary/aromatic N) is 3. The minimum atomic E-state index is -0.266. The van der Waals surface area contributed by atoms with E-state index in [4.69, 9.17) is 0 Å². The summed E-state index contributed by atoms with van der Waals surface area (Å²) in [7, 11) is 0. The van der Waals surface area contributed by atoms with Gasteiger partial charge in [-0.05, 0) is 42.7 Å². The van der Waals surface area contributed by atoms with Crippen LogP contribution >= 0.6 is 11.8 Å². The Bertz CT molecular complexity index is 925. The monoisotopic (exact) mass is 370 g/mol. The summed E-state index contributed by atoms with van der Waals surface area (Å²) in [6.45, 7) is 4.01. The van der Waals surface area contributed by atoms with Crippen LogP contribution in [-0.2, 0) is 11.3 Å². The van der Waals surface area contributed by atoms with E-state index in [0.717, 1.165) is 16.8 Å². The van der Waals surface area contributed by atoms with Crippen LogP contribution in [-0.4, -0.2) is 26.4 Å². The van der Waals surface area contributed by atoms with Crippen molar-refractivity contribution in [1.82, 2.24) is 20.1 Å². The summed E-state index contributed by atoms with van der Waals surface area (Å²) in [4.78, 5) is 12.1. The molecule has 0 aliphatic carbocycles. The lowest BCUT2D eigenvalue weighted by Crippen LogP contribution is -2.24. The van der Waals surface area contributed by atoms with Gasteiger partial charge in [0.1, 0.15) is 12.1 Å². The zero-order valence-electron chi connectivity index (χ0n) is 14.6. The number of carbonyl (C=O) groups excluding carboxylic acids is 1. The van der Waals surface area contributed by atoms with E-state index in [1.54, 1.807) is 25.4 Å². The van der Waals surface area contributed by atoms with Crippen LogP contribution < -0.4 is 5.32 Å². The average molecular weight is 370 g/mol. The van der Waals surface area contributed by atoms with Gasteiger partial charge in [-0.15, -0.1) is 10.2 Å². The summed E-state index contributed by atoms with van der Waals surface area (Å²) < 4.78 is 15.4. The first-order valence-electron chi connectivity index (χ1n) is 8.15. The molecule has 1 heterocycles. The van der Waals surface area contributed by atoms with Crippen LogP contribution in [0, 0.1) is 19.7 Å². The van der Waals surface area contributed by atoms with Crippen molar-refractivity contribution in [3.8, 4) is 5.69 Å². The maximum Gasteiger partial charge on any atom is 0.230 e. The van der Waals surface area contributed by atoms with Crippen molar-refractivity contribution in [3.63, 3.8) is 0 Å². The van der Waals surface area contributed by atoms with E-state index in [-0.39, 0.29) is 17.5 Å².